The maximum Gasteiger partial charge on any atom is 0.310 e. The van der Waals surface area contributed by atoms with Crippen LogP contribution in [0.25, 0.3) is 0 Å². The molecule has 6 nitrogen and oxygen atoms in total. The van der Waals surface area contributed by atoms with Gasteiger partial charge in [0.25, 0.3) is 0 Å². The van der Waals surface area contributed by atoms with Crippen LogP contribution in [-0.2, 0) is 16.0 Å². The molecule has 2 aliphatic rings. The Bertz CT molecular complexity index is 607. The van der Waals surface area contributed by atoms with Crippen LogP contribution in [0.3, 0.4) is 0 Å². The third-order valence-electron chi connectivity index (χ3n) is 4.75. The molecular weight excluding hydrogens is 318 g/mol. The summed E-state index contributed by atoms with van der Waals surface area (Å²) >= 11 is 0. The van der Waals surface area contributed by atoms with E-state index in [2.05, 4.69) is 21.3 Å². The topological polar surface area (TPSA) is 63.2 Å². The van der Waals surface area contributed by atoms with Gasteiger partial charge in [0.2, 0.25) is 0 Å². The summed E-state index contributed by atoms with van der Waals surface area (Å²) in [5, 5.41) is 3.41. The van der Waals surface area contributed by atoms with Crippen molar-refractivity contribution >= 4 is 11.9 Å². The Kier molecular flexibility index (Phi) is 5.79. The zero-order chi connectivity index (χ0) is 17.6. The molecule has 0 radical (unpaired) electrons. The first kappa shape index (κ1) is 17.6. The number of fused-ring (bicyclic) bond motifs is 1. The van der Waals surface area contributed by atoms with Crippen LogP contribution in [0.2, 0.25) is 0 Å². The number of benzene rings is 1. The number of esters is 1. The molecular formula is C19H27N3O3. The van der Waals surface area contributed by atoms with Crippen molar-refractivity contribution < 1.29 is 14.3 Å². The predicted molar refractivity (Wildman–Crippen MR) is 96.9 cm³/mol. The number of carbonyl (C=O) groups excluding carboxylic acids is 1. The summed E-state index contributed by atoms with van der Waals surface area (Å²) in [5.74, 6) is 1.63. The standard InChI is InChI=1S/C19H27N3O3/c1-3-24-18(23)15-8-6-10-22(13-15)19(20-2)21-12-16-11-14-7-4-5-9-17(14)25-16/h4-5,7,9,15-16H,3,6,8,10-13H2,1-2H3,(H,20,21). The van der Waals surface area contributed by atoms with Gasteiger partial charge in [-0.25, -0.2) is 0 Å². The molecule has 1 saturated heterocycles. The van der Waals surface area contributed by atoms with Crippen molar-refractivity contribution in [1.29, 1.82) is 0 Å². The quantitative estimate of drug-likeness (QED) is 0.512. The van der Waals surface area contributed by atoms with Crippen molar-refractivity contribution in [1.82, 2.24) is 10.2 Å². The summed E-state index contributed by atoms with van der Waals surface area (Å²) in [4.78, 5) is 18.5. The van der Waals surface area contributed by atoms with Crippen LogP contribution in [0.5, 0.6) is 5.75 Å². The fourth-order valence-corrected chi connectivity index (χ4v) is 3.53. The van der Waals surface area contributed by atoms with Gasteiger partial charge in [-0.1, -0.05) is 18.2 Å². The van der Waals surface area contributed by atoms with Gasteiger partial charge in [-0.2, -0.15) is 0 Å². The van der Waals surface area contributed by atoms with Crippen LogP contribution < -0.4 is 10.1 Å². The van der Waals surface area contributed by atoms with Crippen molar-refractivity contribution in [3.05, 3.63) is 29.8 Å². The predicted octanol–water partition coefficient (Wildman–Crippen LogP) is 1.84. The molecule has 1 fully saturated rings. The molecule has 2 atom stereocenters. The van der Waals surface area contributed by atoms with Gasteiger partial charge in [-0.15, -0.1) is 0 Å². The fraction of sp³-hybridized carbons (Fsp3) is 0.579. The third-order valence-corrected chi connectivity index (χ3v) is 4.75. The number of carbonyl (C=O) groups is 1. The number of hydrogen-bond acceptors (Lipinski definition) is 4. The molecule has 0 spiro atoms. The molecule has 6 heteroatoms. The molecule has 0 amide bonds. The first-order valence-corrected chi connectivity index (χ1v) is 9.08. The minimum atomic E-state index is -0.0998. The number of ether oxygens (including phenoxy) is 2. The Hall–Kier alpha value is -2.24. The van der Waals surface area contributed by atoms with Gasteiger partial charge in [0.1, 0.15) is 11.9 Å². The molecule has 0 saturated carbocycles. The number of guanidine groups is 1. The molecule has 0 bridgehead atoms. The van der Waals surface area contributed by atoms with Gasteiger partial charge in [-0.05, 0) is 31.4 Å². The minimum absolute atomic E-state index is 0.0702. The zero-order valence-corrected chi connectivity index (χ0v) is 15.0. The number of para-hydroxylation sites is 1. The van der Waals surface area contributed by atoms with Crippen LogP contribution in [-0.4, -0.2) is 56.2 Å². The van der Waals surface area contributed by atoms with E-state index < -0.39 is 0 Å². The highest BCUT2D eigenvalue weighted by atomic mass is 16.5. The first-order valence-electron chi connectivity index (χ1n) is 9.08. The minimum Gasteiger partial charge on any atom is -0.488 e. The number of nitrogens with zero attached hydrogens (tertiary/aromatic N) is 2. The van der Waals surface area contributed by atoms with Crippen LogP contribution in [0, 0.1) is 5.92 Å². The molecule has 25 heavy (non-hydrogen) atoms. The Labute approximate surface area is 149 Å². The molecule has 2 heterocycles. The largest absolute Gasteiger partial charge is 0.488 e. The lowest BCUT2D eigenvalue weighted by Crippen LogP contribution is -2.50. The number of rotatable bonds is 4. The summed E-state index contributed by atoms with van der Waals surface area (Å²) in [6.45, 7) is 4.54. The van der Waals surface area contributed by atoms with Gasteiger partial charge in [-0.3, -0.25) is 9.79 Å². The highest BCUT2D eigenvalue weighted by Crippen LogP contribution is 2.27. The van der Waals surface area contributed by atoms with Gasteiger partial charge >= 0.3 is 5.97 Å². The van der Waals surface area contributed by atoms with Crippen molar-refractivity contribution in [3.8, 4) is 5.75 Å². The van der Waals surface area contributed by atoms with Crippen molar-refractivity contribution in [2.24, 2.45) is 10.9 Å². The van der Waals surface area contributed by atoms with E-state index in [1.165, 1.54) is 5.56 Å². The molecule has 2 unspecified atom stereocenters. The lowest BCUT2D eigenvalue weighted by molar-refractivity contribution is -0.149. The smallest absolute Gasteiger partial charge is 0.310 e. The Morgan fingerprint density at radius 1 is 1.44 bits per heavy atom. The average molecular weight is 345 g/mol. The second-order valence-corrected chi connectivity index (χ2v) is 6.52. The van der Waals surface area contributed by atoms with E-state index in [9.17, 15) is 4.79 Å². The molecule has 0 aliphatic carbocycles. The van der Waals surface area contributed by atoms with Crippen molar-refractivity contribution in [2.75, 3.05) is 33.3 Å². The van der Waals surface area contributed by atoms with Gasteiger partial charge in [0, 0.05) is 26.6 Å². The number of aliphatic imine (C=N–C) groups is 1. The molecule has 3 rings (SSSR count). The molecule has 2 aliphatic heterocycles. The maximum absolute atomic E-state index is 12.0. The van der Waals surface area contributed by atoms with E-state index in [4.69, 9.17) is 9.47 Å². The van der Waals surface area contributed by atoms with Crippen LogP contribution in [0.4, 0.5) is 0 Å². The summed E-state index contributed by atoms with van der Waals surface area (Å²) in [6, 6.07) is 8.16. The van der Waals surface area contributed by atoms with E-state index in [1.807, 2.05) is 25.1 Å². The lowest BCUT2D eigenvalue weighted by Gasteiger charge is -2.34. The van der Waals surface area contributed by atoms with Crippen molar-refractivity contribution in [2.45, 2.75) is 32.3 Å². The number of piperidine rings is 1. The van der Waals surface area contributed by atoms with Gasteiger partial charge in [0.05, 0.1) is 19.1 Å². The summed E-state index contributed by atoms with van der Waals surface area (Å²) in [5.41, 5.74) is 1.25. The summed E-state index contributed by atoms with van der Waals surface area (Å²) in [7, 11) is 1.78. The van der Waals surface area contributed by atoms with Gasteiger partial charge in [0.15, 0.2) is 5.96 Å². The van der Waals surface area contributed by atoms with Crippen molar-refractivity contribution in [3.63, 3.8) is 0 Å². The molecule has 1 aromatic carbocycles. The highest BCUT2D eigenvalue weighted by molar-refractivity contribution is 5.81. The SMILES string of the molecule is CCOC(=O)C1CCCN(C(=NC)NCC2Cc3ccccc3O2)C1. The lowest BCUT2D eigenvalue weighted by atomic mass is 9.98. The van der Waals surface area contributed by atoms with Gasteiger partial charge < -0.3 is 19.7 Å². The van der Waals surface area contributed by atoms with E-state index in [1.54, 1.807) is 7.05 Å². The number of likely N-dealkylation sites (tertiary alicyclic amines) is 1. The zero-order valence-electron chi connectivity index (χ0n) is 15.0. The second kappa shape index (κ2) is 8.23. The van der Waals surface area contributed by atoms with E-state index >= 15 is 0 Å². The Morgan fingerprint density at radius 2 is 2.28 bits per heavy atom. The third kappa shape index (κ3) is 4.24. The second-order valence-electron chi connectivity index (χ2n) is 6.52. The molecule has 0 aromatic heterocycles. The monoisotopic (exact) mass is 345 g/mol. The van der Waals surface area contributed by atoms with Crippen LogP contribution in [0.15, 0.2) is 29.3 Å². The Morgan fingerprint density at radius 3 is 3.04 bits per heavy atom. The van der Waals surface area contributed by atoms with E-state index in [0.717, 1.165) is 37.5 Å². The molecule has 1 aromatic rings. The summed E-state index contributed by atoms with van der Waals surface area (Å²) in [6.07, 6.45) is 2.87. The maximum atomic E-state index is 12.0. The molecule has 136 valence electrons. The Balaban J connectivity index is 1.52. The first-order chi connectivity index (χ1) is 12.2. The van der Waals surface area contributed by atoms with Crippen LogP contribution >= 0.6 is 0 Å². The normalized spacial score (nSPS) is 23.0. The number of nitrogens with one attached hydrogen (secondary N) is 1. The van der Waals surface area contributed by atoms with Crippen LogP contribution in [0.1, 0.15) is 25.3 Å². The average Bonchev–Trinajstić information content (AvgIpc) is 3.05. The molecule has 1 N–H and O–H groups in total. The highest BCUT2D eigenvalue weighted by Gasteiger charge is 2.29. The van der Waals surface area contributed by atoms with E-state index in [0.29, 0.717) is 19.7 Å². The van der Waals surface area contributed by atoms with E-state index in [-0.39, 0.29) is 18.0 Å². The number of hydrogen-bond donors (Lipinski definition) is 1. The fourth-order valence-electron chi connectivity index (χ4n) is 3.53. The summed E-state index contributed by atoms with van der Waals surface area (Å²) < 4.78 is 11.1.